The number of nitrogens with one attached hydrogen (secondary N) is 1. The summed E-state index contributed by atoms with van der Waals surface area (Å²) in [5, 5.41) is 11.3. The first kappa shape index (κ1) is 23.2. The molecule has 0 atom stereocenters. The van der Waals surface area contributed by atoms with E-state index in [2.05, 4.69) is 33.4 Å². The van der Waals surface area contributed by atoms with E-state index in [0.717, 1.165) is 38.7 Å². The maximum Gasteiger partial charge on any atom is 0.155 e. The lowest BCUT2D eigenvalue weighted by molar-refractivity contribution is -0.00585. The van der Waals surface area contributed by atoms with Gasteiger partial charge in [-0.1, -0.05) is 47.3 Å². The van der Waals surface area contributed by atoms with E-state index in [0.29, 0.717) is 16.7 Å². The molecule has 0 fully saturated rings. The topological polar surface area (TPSA) is 59.7 Å². The van der Waals surface area contributed by atoms with Crippen LogP contribution in [0.5, 0.6) is 0 Å². The zero-order valence-corrected chi connectivity index (χ0v) is 20.8. The van der Waals surface area contributed by atoms with E-state index in [4.69, 9.17) is 9.25 Å². The van der Waals surface area contributed by atoms with Crippen molar-refractivity contribution in [3.8, 4) is 23.3 Å². The molecule has 0 aliphatic rings. The third-order valence-electron chi connectivity index (χ3n) is 5.55. The fourth-order valence-corrected chi connectivity index (χ4v) is 3.75. The van der Waals surface area contributed by atoms with E-state index in [1.165, 1.54) is 0 Å². The second-order valence-corrected chi connectivity index (χ2v) is 9.50. The van der Waals surface area contributed by atoms with Gasteiger partial charge < -0.3 is 14.6 Å². The van der Waals surface area contributed by atoms with Crippen molar-refractivity contribution in [2.45, 2.75) is 26.4 Å². The summed E-state index contributed by atoms with van der Waals surface area (Å²) in [5.41, 5.74) is 3.76. The van der Waals surface area contributed by atoms with Crippen molar-refractivity contribution in [3.63, 3.8) is 0 Å². The molecule has 0 unspecified atom stereocenters. The van der Waals surface area contributed by atoms with Crippen molar-refractivity contribution in [1.29, 1.82) is 0 Å². The zero-order chi connectivity index (χ0) is 25.1. The Labute approximate surface area is 210 Å². The lowest BCUT2D eigenvalue weighted by atomic mass is 10.1. The predicted octanol–water partition coefficient (Wildman–Crippen LogP) is 6.72. The molecule has 178 valence electrons. The Morgan fingerprint density at radius 3 is 2.42 bits per heavy atom. The van der Waals surface area contributed by atoms with Gasteiger partial charge >= 0.3 is 0 Å². The monoisotopic (exact) mass is 473 g/mol. The Morgan fingerprint density at radius 1 is 0.861 bits per heavy atom. The molecule has 5 rings (SSSR count). The van der Waals surface area contributed by atoms with Crippen molar-refractivity contribution in [1.82, 2.24) is 4.98 Å². The molecule has 2 heterocycles. The minimum Gasteiger partial charge on any atom is -0.454 e. The first-order valence-electron chi connectivity index (χ1n) is 11.8. The summed E-state index contributed by atoms with van der Waals surface area (Å²) in [4.78, 5) is 10.4. The second-order valence-electron chi connectivity index (χ2n) is 9.50. The van der Waals surface area contributed by atoms with Crippen LogP contribution in [0.15, 0.2) is 94.6 Å². The molecule has 0 bridgehead atoms. The van der Waals surface area contributed by atoms with Crippen molar-refractivity contribution < 1.29 is 9.25 Å². The van der Waals surface area contributed by atoms with Crippen LogP contribution in [-0.4, -0.2) is 17.6 Å². The molecule has 0 aliphatic heterocycles. The molecule has 5 heteroatoms. The Morgan fingerprint density at radius 2 is 1.64 bits per heavy atom. The highest BCUT2D eigenvalue weighted by molar-refractivity contribution is 5.85. The van der Waals surface area contributed by atoms with Crippen molar-refractivity contribution >= 4 is 27.4 Å². The van der Waals surface area contributed by atoms with Gasteiger partial charge in [0.15, 0.2) is 5.76 Å². The van der Waals surface area contributed by atoms with Gasteiger partial charge in [-0.25, -0.2) is 0 Å². The Kier molecular flexibility index (Phi) is 6.18. The highest BCUT2D eigenvalue weighted by Gasteiger charge is 2.12. The first-order chi connectivity index (χ1) is 17.4. The number of aromatic nitrogens is 1. The number of nitrogens with zero attached hydrogens (tertiary/aromatic N) is 2. The lowest BCUT2D eigenvalue weighted by Gasteiger charge is -2.15. The molecule has 3 aromatic carbocycles. The summed E-state index contributed by atoms with van der Waals surface area (Å²) in [7, 11) is 1.89. The predicted molar refractivity (Wildman–Crippen MR) is 145 cm³/mol. The van der Waals surface area contributed by atoms with E-state index < -0.39 is 5.60 Å². The SMILES string of the molecule is CNc1cccc(C#Cc2ccc3c(=NOC(C)(C)C)cc(-c4cc5ccccc5cn4)oc3c2)c1. The molecule has 1 N–H and O–H groups in total. The average molecular weight is 474 g/mol. The molecule has 5 aromatic rings. The van der Waals surface area contributed by atoms with Gasteiger partial charge in [0.25, 0.3) is 0 Å². The van der Waals surface area contributed by atoms with Gasteiger partial charge in [0.05, 0.1) is 0 Å². The molecule has 2 aromatic heterocycles. The maximum atomic E-state index is 6.34. The lowest BCUT2D eigenvalue weighted by Crippen LogP contribution is -2.18. The van der Waals surface area contributed by atoms with Gasteiger partial charge in [-0.05, 0) is 68.6 Å². The van der Waals surface area contributed by atoms with Crippen LogP contribution in [0.25, 0.3) is 33.2 Å². The van der Waals surface area contributed by atoms with E-state index in [-0.39, 0.29) is 0 Å². The number of hydrogen-bond donors (Lipinski definition) is 1. The zero-order valence-electron chi connectivity index (χ0n) is 20.8. The molecule has 0 radical (unpaired) electrons. The van der Waals surface area contributed by atoms with Crippen LogP contribution in [0.1, 0.15) is 31.9 Å². The largest absolute Gasteiger partial charge is 0.454 e. The third-order valence-corrected chi connectivity index (χ3v) is 5.55. The van der Waals surface area contributed by atoms with Gasteiger partial charge in [-0.15, -0.1) is 0 Å². The van der Waals surface area contributed by atoms with Gasteiger partial charge in [-0.3, -0.25) is 4.98 Å². The summed E-state index contributed by atoms with van der Waals surface area (Å²) in [6.45, 7) is 5.90. The van der Waals surface area contributed by atoms with Crippen LogP contribution in [-0.2, 0) is 4.84 Å². The Balaban J connectivity index is 1.63. The summed E-state index contributed by atoms with van der Waals surface area (Å²) in [6.07, 6.45) is 1.86. The first-order valence-corrected chi connectivity index (χ1v) is 11.8. The highest BCUT2D eigenvalue weighted by Crippen LogP contribution is 2.25. The summed E-state index contributed by atoms with van der Waals surface area (Å²) >= 11 is 0. The standard InChI is InChI=1S/C31H27N3O2/c1-31(2,3)36-34-27-19-30(28-18-23-9-5-6-10-24(23)20-33-28)35-29-17-22(14-15-26(27)29)13-12-21-8-7-11-25(16-21)32-4/h5-11,14-20,32H,1-4H3. The summed E-state index contributed by atoms with van der Waals surface area (Å²) in [5.74, 6) is 7.09. The minimum absolute atomic E-state index is 0.423. The van der Waals surface area contributed by atoms with Crippen LogP contribution in [0, 0.1) is 11.8 Å². The van der Waals surface area contributed by atoms with Crippen LogP contribution in [0.2, 0.25) is 0 Å². The van der Waals surface area contributed by atoms with Crippen LogP contribution in [0.4, 0.5) is 5.69 Å². The molecule has 5 nitrogen and oxygen atoms in total. The average Bonchev–Trinajstić information content (AvgIpc) is 2.89. The summed E-state index contributed by atoms with van der Waals surface area (Å²) in [6, 6.07) is 25.9. The number of pyridine rings is 1. The number of anilines is 1. The number of fused-ring (bicyclic) bond motifs is 2. The van der Waals surface area contributed by atoms with E-state index in [9.17, 15) is 0 Å². The molecular weight excluding hydrogens is 446 g/mol. The van der Waals surface area contributed by atoms with Crippen LogP contribution in [0.3, 0.4) is 0 Å². The summed E-state index contributed by atoms with van der Waals surface area (Å²) < 4.78 is 6.34. The van der Waals surface area contributed by atoms with Gasteiger partial charge in [0.2, 0.25) is 0 Å². The Bertz CT molecular complexity index is 1700. The van der Waals surface area contributed by atoms with Crippen molar-refractivity contribution in [2.24, 2.45) is 5.16 Å². The highest BCUT2D eigenvalue weighted by atomic mass is 16.6. The molecule has 0 amide bonds. The molecule has 0 saturated carbocycles. The van der Waals surface area contributed by atoms with Crippen molar-refractivity contribution in [3.05, 3.63) is 102 Å². The van der Waals surface area contributed by atoms with E-state index in [1.807, 2.05) is 107 Å². The molecule has 0 spiro atoms. The molecule has 0 saturated heterocycles. The number of hydrogen-bond acceptors (Lipinski definition) is 5. The molecule has 0 aliphatic carbocycles. The quantitative estimate of drug-likeness (QED) is 0.233. The van der Waals surface area contributed by atoms with Crippen molar-refractivity contribution in [2.75, 3.05) is 12.4 Å². The second kappa shape index (κ2) is 9.59. The fraction of sp³-hybridized carbons (Fsp3) is 0.161. The smallest absolute Gasteiger partial charge is 0.155 e. The van der Waals surface area contributed by atoms with Gasteiger partial charge in [-0.2, -0.15) is 0 Å². The van der Waals surface area contributed by atoms with Crippen LogP contribution < -0.4 is 10.7 Å². The third kappa shape index (κ3) is 5.24. The normalized spacial score (nSPS) is 11.8. The van der Waals surface area contributed by atoms with Gasteiger partial charge in [0, 0.05) is 46.9 Å². The number of benzene rings is 3. The fourth-order valence-electron chi connectivity index (χ4n) is 3.75. The molecular formula is C31H27N3O2. The van der Waals surface area contributed by atoms with E-state index >= 15 is 0 Å². The Hall–Kier alpha value is -4.56. The van der Waals surface area contributed by atoms with E-state index in [1.54, 1.807) is 0 Å². The number of rotatable bonds is 3. The maximum absolute atomic E-state index is 6.34. The molecule has 36 heavy (non-hydrogen) atoms. The minimum atomic E-state index is -0.423. The van der Waals surface area contributed by atoms with Crippen LogP contribution >= 0.6 is 0 Å². The van der Waals surface area contributed by atoms with Gasteiger partial charge in [0.1, 0.15) is 22.2 Å².